The van der Waals surface area contributed by atoms with Gasteiger partial charge in [-0.25, -0.2) is 14.8 Å². The number of rotatable bonds is 10. The van der Waals surface area contributed by atoms with E-state index in [1.807, 2.05) is 121 Å². The van der Waals surface area contributed by atoms with Crippen molar-refractivity contribution < 1.29 is 4.79 Å². The molecule has 2 saturated heterocycles. The highest BCUT2D eigenvalue weighted by atomic mass is 35.5. The molecule has 4 aliphatic rings. The van der Waals surface area contributed by atoms with Crippen LogP contribution >= 0.6 is 23.2 Å². The topological polar surface area (TPSA) is 163 Å². The number of urea groups is 1. The van der Waals surface area contributed by atoms with Crippen LogP contribution in [0.2, 0.25) is 10.0 Å². The molecule has 0 bridgehead atoms. The molecule has 4 aromatic carbocycles. The van der Waals surface area contributed by atoms with Gasteiger partial charge >= 0.3 is 6.03 Å². The van der Waals surface area contributed by atoms with Crippen molar-refractivity contribution in [2.45, 2.75) is 80.6 Å². The van der Waals surface area contributed by atoms with E-state index in [4.69, 9.17) is 38.4 Å². The van der Waals surface area contributed by atoms with Crippen molar-refractivity contribution in [1.29, 1.82) is 10.5 Å². The number of imidazole rings is 2. The third kappa shape index (κ3) is 15.3. The molecule has 17 heteroatoms. The van der Waals surface area contributed by atoms with E-state index < -0.39 is 0 Å². The van der Waals surface area contributed by atoms with Crippen molar-refractivity contribution in [3.05, 3.63) is 224 Å². The lowest BCUT2D eigenvalue weighted by molar-refractivity contribution is 0.121. The number of piperazine rings is 2. The minimum Gasteiger partial charge on any atom is -0.385 e. The smallest absolute Gasteiger partial charge is 0.324 e. The average Bonchev–Trinajstić information content (AvgIpc) is 4.08. The number of aryl methyl sites for hydroxylation is 2. The third-order valence-electron chi connectivity index (χ3n) is 16.2. The van der Waals surface area contributed by atoms with Gasteiger partial charge in [0.15, 0.2) is 0 Å². The second-order valence-electron chi connectivity index (χ2n) is 25.3. The number of nitrogens with zero attached hydrogens (tertiary/aromatic N) is 12. The van der Waals surface area contributed by atoms with Crippen molar-refractivity contribution in [2.24, 2.45) is 10.8 Å². The van der Waals surface area contributed by atoms with Gasteiger partial charge in [0.05, 0.1) is 46.7 Å². The van der Waals surface area contributed by atoms with Gasteiger partial charge in [-0.2, -0.15) is 10.5 Å². The van der Waals surface area contributed by atoms with E-state index >= 15 is 0 Å². The fourth-order valence-electron chi connectivity index (χ4n) is 11.8. The Morgan fingerprint density at radius 3 is 1.53 bits per heavy atom. The van der Waals surface area contributed by atoms with E-state index in [1.54, 1.807) is 12.1 Å². The van der Waals surface area contributed by atoms with Gasteiger partial charge in [-0.15, -0.1) is 0 Å². The molecule has 0 radical (unpaired) electrons. The number of aromatic nitrogens is 6. The van der Waals surface area contributed by atoms with E-state index in [0.29, 0.717) is 55.4 Å². The summed E-state index contributed by atoms with van der Waals surface area (Å²) in [6.45, 7) is 26.5. The number of benzene rings is 4. The molecule has 0 saturated carbocycles. The number of nitriles is 2. The van der Waals surface area contributed by atoms with Gasteiger partial charge in [0.2, 0.25) is 0 Å². The molecule has 0 spiro atoms. The second kappa shape index (κ2) is 27.7. The molecule has 8 aromatic rings. The predicted octanol–water partition coefficient (Wildman–Crippen LogP) is 13.9. The summed E-state index contributed by atoms with van der Waals surface area (Å²) >= 11 is 13.1. The number of nitrogens with one attached hydrogen (secondary N) is 2. The summed E-state index contributed by atoms with van der Waals surface area (Å²) in [5, 5.41) is 26.1. The third-order valence-corrected chi connectivity index (χ3v) is 16.7. The Morgan fingerprint density at radius 2 is 1.09 bits per heavy atom. The molecule has 2 N–H and O–H groups in total. The minimum absolute atomic E-state index is 0.0134. The van der Waals surface area contributed by atoms with Crippen LogP contribution in [-0.4, -0.2) is 115 Å². The number of fused-ring (bicyclic) bond motifs is 4. The van der Waals surface area contributed by atoms with Gasteiger partial charge in [0, 0.05) is 137 Å². The first kappa shape index (κ1) is 62.6. The first-order valence-electron chi connectivity index (χ1n) is 30.2. The fourth-order valence-corrected chi connectivity index (χ4v) is 12.1. The molecule has 2 aliphatic carbocycles. The zero-order valence-electron chi connectivity index (χ0n) is 51.7. The maximum absolute atomic E-state index is 14.1. The first-order valence-corrected chi connectivity index (χ1v) is 30.9. The van der Waals surface area contributed by atoms with Gasteiger partial charge in [-0.05, 0) is 166 Å². The summed E-state index contributed by atoms with van der Waals surface area (Å²) in [6.07, 6.45) is 16.0. The fraction of sp³-hybridized carbons (Fsp3) is 0.338. The van der Waals surface area contributed by atoms with Gasteiger partial charge < -0.3 is 24.7 Å². The van der Waals surface area contributed by atoms with Crippen LogP contribution in [0.25, 0.3) is 23.3 Å². The highest BCUT2D eigenvalue weighted by Gasteiger charge is 2.36. The number of pyridine rings is 2. The number of carbonyl (C=O) groups is 1. The van der Waals surface area contributed by atoms with E-state index in [-0.39, 0.29) is 28.9 Å². The number of hydrogen-bond donors (Lipinski definition) is 2. The largest absolute Gasteiger partial charge is 0.385 e. The molecule has 88 heavy (non-hydrogen) atoms. The van der Waals surface area contributed by atoms with Crippen LogP contribution in [0.4, 0.5) is 16.2 Å². The Kier molecular flexibility index (Phi) is 19.7. The minimum atomic E-state index is -0.105. The van der Waals surface area contributed by atoms with Crippen molar-refractivity contribution in [3.8, 4) is 12.1 Å². The van der Waals surface area contributed by atoms with Crippen LogP contribution in [0, 0.1) is 47.3 Å². The Balaban J connectivity index is 0.000000169. The second-order valence-corrected chi connectivity index (χ2v) is 26.1. The number of allylic oxidation sites excluding steroid dienone is 2. The normalized spacial score (nSPS) is 16.6. The zero-order valence-corrected chi connectivity index (χ0v) is 53.2. The molecule has 452 valence electrons. The predicted molar refractivity (Wildman–Crippen MR) is 355 cm³/mol. The van der Waals surface area contributed by atoms with Crippen LogP contribution < -0.4 is 15.5 Å². The number of anilines is 2. The van der Waals surface area contributed by atoms with E-state index in [0.717, 1.165) is 101 Å². The first-order chi connectivity index (χ1) is 42.3. The van der Waals surface area contributed by atoms with E-state index in [1.165, 1.54) is 22.3 Å². The Hall–Kier alpha value is -8.41. The molecule has 4 aromatic heterocycles. The van der Waals surface area contributed by atoms with Crippen LogP contribution in [0.15, 0.2) is 146 Å². The van der Waals surface area contributed by atoms with Crippen LogP contribution in [0.5, 0.6) is 0 Å². The number of hydrogen-bond acceptors (Lipinski definition) is 11. The van der Waals surface area contributed by atoms with Crippen molar-refractivity contribution >= 4 is 63.9 Å². The summed E-state index contributed by atoms with van der Waals surface area (Å²) in [5.74, 6) is 1.96. The van der Waals surface area contributed by atoms with Crippen LogP contribution in [0.3, 0.4) is 0 Å². The zero-order chi connectivity index (χ0) is 62.1. The standard InChI is InChI=1S/C36H38ClN7O.C23H24ClN5.C12H16N2/c1-25-39-14-15-43(25)23-28-20-27-6-5-13-40-33(27)34(31-12-9-29(37)21-32(28)31)41-16-18-42(19-17-41)35(45)44(24-36(2,3)4)30-10-7-26(22-38)8-11-30;1-16-26-9-12-29(16)15-18-13-17-3-2-6-27-22(17)23(28-10-7-25-8-11-28)20-5-4-19(24)14-21(18)20;1-12(2,3)9-14-11-6-4-10(8-13)5-7-11/h5-15,20-21,34H,16-19,23-24H2,1-4H3;2-6,9,12-14,23,25H,7-8,10-11,15H2,1H3;4-7,14H,9H2,1-3H3. The summed E-state index contributed by atoms with van der Waals surface area (Å²) in [7, 11) is 0. The molecule has 12 rings (SSSR count). The highest BCUT2D eigenvalue weighted by molar-refractivity contribution is 6.31. The maximum Gasteiger partial charge on any atom is 0.324 e. The highest BCUT2D eigenvalue weighted by Crippen LogP contribution is 2.43. The van der Waals surface area contributed by atoms with E-state index in [2.05, 4.69) is 142 Å². The monoisotopic (exact) mass is 1210 g/mol. The van der Waals surface area contributed by atoms with Crippen molar-refractivity contribution in [3.63, 3.8) is 0 Å². The molecular weight excluding hydrogens is 1140 g/mol. The van der Waals surface area contributed by atoms with Crippen molar-refractivity contribution in [1.82, 2.24) is 49.1 Å². The molecule has 2 fully saturated rings. The average molecular weight is 1210 g/mol. The van der Waals surface area contributed by atoms with Gasteiger partial charge in [0.1, 0.15) is 11.6 Å². The Labute approximate surface area is 528 Å². The summed E-state index contributed by atoms with van der Waals surface area (Å²) in [4.78, 5) is 41.4. The molecular formula is C71H78Cl2N14O. The Morgan fingerprint density at radius 1 is 0.614 bits per heavy atom. The number of carbonyl (C=O) groups excluding carboxylic acids is 1. The lowest BCUT2D eigenvalue weighted by atomic mass is 9.93. The lowest BCUT2D eigenvalue weighted by Gasteiger charge is -2.42. The van der Waals surface area contributed by atoms with E-state index in [9.17, 15) is 10.1 Å². The molecule has 2 amide bonds. The Bertz CT molecular complexity index is 3880. The van der Waals surface area contributed by atoms with Gasteiger partial charge in [0.25, 0.3) is 0 Å². The number of amides is 2. The number of halogens is 2. The van der Waals surface area contributed by atoms with Crippen LogP contribution in [-0.2, 0) is 13.1 Å². The molecule has 2 atom stereocenters. The van der Waals surface area contributed by atoms with Gasteiger partial charge in [-0.1, -0.05) is 89.0 Å². The van der Waals surface area contributed by atoms with Crippen molar-refractivity contribution in [2.75, 3.05) is 75.7 Å². The lowest BCUT2D eigenvalue weighted by Crippen LogP contribution is -2.54. The quantitative estimate of drug-likeness (QED) is 0.134. The SMILES string of the molecule is CC(C)(C)CNc1ccc(C#N)cc1.Cc1nccn1CC1=Cc2cccnc2C(N2CCN(C(=O)N(CC(C)(C)C)c3ccc(C#N)cc3)CC2)c2ccc(Cl)cc21.Cc1nccn1CC1=Cc2cccnc2C(N2CCNCC2)c2ccc(Cl)cc21. The molecule has 2 unspecified atom stereocenters. The summed E-state index contributed by atoms with van der Waals surface area (Å²) < 4.78 is 4.33. The van der Waals surface area contributed by atoms with Crippen LogP contribution in [0.1, 0.15) is 121 Å². The van der Waals surface area contributed by atoms with Gasteiger partial charge in [-0.3, -0.25) is 24.7 Å². The summed E-state index contributed by atoms with van der Waals surface area (Å²) in [5.41, 5.74) is 14.8. The molecule has 2 aliphatic heterocycles. The molecule has 15 nitrogen and oxygen atoms in total. The summed E-state index contributed by atoms with van der Waals surface area (Å²) in [6, 6.07) is 39.8. The maximum atomic E-state index is 14.1. The molecule has 6 heterocycles.